The second-order valence-electron chi connectivity index (χ2n) is 7.87. The Morgan fingerprint density at radius 2 is 1.41 bits per heavy atom. The van der Waals surface area contributed by atoms with Crippen LogP contribution in [-0.2, 0) is 0 Å². The van der Waals surface area contributed by atoms with Gasteiger partial charge in [-0.15, -0.1) is 0 Å². The number of carboxylic acids is 1. The minimum Gasteiger partial charge on any atom is -0.497 e. The molecule has 2 N–H and O–H groups in total. The summed E-state index contributed by atoms with van der Waals surface area (Å²) in [7, 11) is 3.23. The van der Waals surface area contributed by atoms with Gasteiger partial charge in [-0.25, -0.2) is 4.79 Å². The number of nitrogens with zero attached hydrogens (tertiary/aromatic N) is 2. The molecule has 34 heavy (non-hydrogen) atoms. The van der Waals surface area contributed by atoms with Crippen LogP contribution in [0.1, 0.15) is 20.7 Å². The van der Waals surface area contributed by atoms with Crippen LogP contribution in [0, 0.1) is 0 Å². The first kappa shape index (κ1) is 23.0. The summed E-state index contributed by atoms with van der Waals surface area (Å²) in [6, 6.07) is 19.5. The number of para-hydroxylation sites is 2. The quantitative estimate of drug-likeness (QED) is 0.550. The number of benzene rings is 3. The predicted octanol–water partition coefficient (Wildman–Crippen LogP) is 3.98. The Kier molecular flexibility index (Phi) is 6.87. The van der Waals surface area contributed by atoms with Gasteiger partial charge in [0.05, 0.1) is 36.8 Å². The van der Waals surface area contributed by atoms with Gasteiger partial charge in [-0.1, -0.05) is 12.1 Å². The molecule has 3 aromatic carbocycles. The molecule has 0 unspecified atom stereocenters. The van der Waals surface area contributed by atoms with Gasteiger partial charge in [0, 0.05) is 31.7 Å². The lowest BCUT2D eigenvalue weighted by atomic mass is 10.1. The molecule has 1 saturated heterocycles. The Bertz CT molecular complexity index is 1170. The normalized spacial score (nSPS) is 13.4. The minimum absolute atomic E-state index is 0.112. The first-order chi connectivity index (χ1) is 16.5. The summed E-state index contributed by atoms with van der Waals surface area (Å²) in [6.07, 6.45) is 0. The first-order valence-electron chi connectivity index (χ1n) is 11.0. The highest BCUT2D eigenvalue weighted by molar-refractivity contribution is 6.06. The van der Waals surface area contributed by atoms with Gasteiger partial charge in [0.25, 0.3) is 5.91 Å². The average Bonchev–Trinajstić information content (AvgIpc) is 2.88. The number of piperazine rings is 1. The maximum atomic E-state index is 12.9. The topological polar surface area (TPSA) is 91.3 Å². The van der Waals surface area contributed by atoms with Crippen LogP contribution in [0.4, 0.5) is 17.1 Å². The van der Waals surface area contributed by atoms with Crippen molar-refractivity contribution in [3.63, 3.8) is 0 Å². The second-order valence-corrected chi connectivity index (χ2v) is 7.87. The summed E-state index contributed by atoms with van der Waals surface area (Å²) in [5.41, 5.74) is 2.85. The highest BCUT2D eigenvalue weighted by atomic mass is 16.5. The molecular weight excluding hydrogens is 434 g/mol. The van der Waals surface area contributed by atoms with Gasteiger partial charge >= 0.3 is 5.97 Å². The van der Waals surface area contributed by atoms with Crippen molar-refractivity contribution in [2.24, 2.45) is 0 Å². The number of carbonyl (C=O) groups excluding carboxylic acids is 1. The monoisotopic (exact) mass is 461 g/mol. The highest BCUT2D eigenvalue weighted by Crippen LogP contribution is 2.32. The van der Waals surface area contributed by atoms with E-state index in [0.29, 0.717) is 30.1 Å². The summed E-state index contributed by atoms with van der Waals surface area (Å²) >= 11 is 0. The molecule has 0 aromatic heterocycles. The molecule has 1 fully saturated rings. The lowest BCUT2D eigenvalue weighted by Crippen LogP contribution is -2.46. The summed E-state index contributed by atoms with van der Waals surface area (Å²) in [5.74, 6) is 0.110. The number of hydrogen-bond acceptors (Lipinski definition) is 6. The molecule has 0 radical (unpaired) electrons. The fourth-order valence-corrected chi connectivity index (χ4v) is 4.06. The number of ether oxygens (including phenoxy) is 2. The number of nitrogens with one attached hydrogen (secondary N) is 1. The smallest absolute Gasteiger partial charge is 0.335 e. The van der Waals surface area contributed by atoms with E-state index in [1.54, 1.807) is 50.6 Å². The van der Waals surface area contributed by atoms with Gasteiger partial charge < -0.3 is 29.7 Å². The van der Waals surface area contributed by atoms with E-state index < -0.39 is 5.97 Å². The van der Waals surface area contributed by atoms with Gasteiger partial charge in [0.15, 0.2) is 0 Å². The molecule has 1 amide bonds. The molecule has 176 valence electrons. The van der Waals surface area contributed by atoms with Crippen LogP contribution in [-0.4, -0.2) is 57.4 Å². The summed E-state index contributed by atoms with van der Waals surface area (Å²) in [4.78, 5) is 28.9. The number of aromatic carboxylic acids is 1. The van der Waals surface area contributed by atoms with Gasteiger partial charge in [0.2, 0.25) is 0 Å². The van der Waals surface area contributed by atoms with Crippen LogP contribution in [0.15, 0.2) is 66.7 Å². The molecule has 0 aliphatic carbocycles. The number of rotatable bonds is 7. The Labute approximate surface area is 198 Å². The number of hydrogen-bond donors (Lipinski definition) is 2. The largest absolute Gasteiger partial charge is 0.497 e. The Balaban J connectivity index is 1.54. The molecule has 0 saturated carbocycles. The van der Waals surface area contributed by atoms with Crippen molar-refractivity contribution in [2.45, 2.75) is 0 Å². The Morgan fingerprint density at radius 1 is 0.794 bits per heavy atom. The van der Waals surface area contributed by atoms with Crippen molar-refractivity contribution in [2.75, 3.05) is 55.5 Å². The third-order valence-corrected chi connectivity index (χ3v) is 5.89. The number of carboxylic acid groups (broad SMARTS) is 1. The van der Waals surface area contributed by atoms with Crippen LogP contribution < -0.4 is 24.6 Å². The molecule has 8 heteroatoms. The number of carbonyl (C=O) groups is 2. The van der Waals surface area contributed by atoms with E-state index in [1.165, 1.54) is 6.07 Å². The van der Waals surface area contributed by atoms with Crippen LogP contribution >= 0.6 is 0 Å². The predicted molar refractivity (Wildman–Crippen MR) is 132 cm³/mol. The molecule has 4 rings (SSSR count). The zero-order valence-electron chi connectivity index (χ0n) is 19.2. The lowest BCUT2D eigenvalue weighted by Gasteiger charge is -2.38. The maximum absolute atomic E-state index is 12.9. The van der Waals surface area contributed by atoms with Crippen molar-refractivity contribution in [1.29, 1.82) is 0 Å². The molecule has 1 aliphatic rings. The van der Waals surface area contributed by atoms with E-state index >= 15 is 0 Å². The van der Waals surface area contributed by atoms with E-state index in [1.807, 2.05) is 24.3 Å². The standard InChI is InChI=1S/C26H27N3O5/c1-33-20-10-7-18(8-11-20)25(30)27-21-17-19(26(31)32)9-12-22(21)28-13-15-29(16-14-28)23-5-3-4-6-24(23)34-2/h3-12,17H,13-16H2,1-2H3,(H,27,30)(H,31,32). The van der Waals surface area contributed by atoms with Gasteiger partial charge in [0.1, 0.15) is 11.5 Å². The number of methoxy groups -OCH3 is 2. The molecular formula is C26H27N3O5. The van der Waals surface area contributed by atoms with Crippen LogP contribution in [0.25, 0.3) is 0 Å². The Morgan fingerprint density at radius 3 is 2.03 bits per heavy atom. The van der Waals surface area contributed by atoms with E-state index in [4.69, 9.17) is 9.47 Å². The molecule has 1 aliphatic heterocycles. The van der Waals surface area contributed by atoms with Crippen molar-refractivity contribution < 1.29 is 24.2 Å². The van der Waals surface area contributed by atoms with Crippen molar-refractivity contribution in [3.8, 4) is 11.5 Å². The van der Waals surface area contributed by atoms with E-state index in [2.05, 4.69) is 15.1 Å². The molecule has 3 aromatic rings. The number of anilines is 3. The van der Waals surface area contributed by atoms with Gasteiger partial charge in [-0.2, -0.15) is 0 Å². The van der Waals surface area contributed by atoms with Crippen molar-refractivity contribution in [1.82, 2.24) is 0 Å². The zero-order valence-corrected chi connectivity index (χ0v) is 19.2. The average molecular weight is 462 g/mol. The van der Waals surface area contributed by atoms with E-state index in [0.717, 1.165) is 30.2 Å². The highest BCUT2D eigenvalue weighted by Gasteiger charge is 2.23. The lowest BCUT2D eigenvalue weighted by molar-refractivity contribution is 0.0696. The van der Waals surface area contributed by atoms with Gasteiger partial charge in [-0.3, -0.25) is 4.79 Å². The van der Waals surface area contributed by atoms with Crippen molar-refractivity contribution in [3.05, 3.63) is 77.9 Å². The second kappa shape index (κ2) is 10.2. The Hall–Kier alpha value is -4.20. The minimum atomic E-state index is -1.05. The first-order valence-corrected chi connectivity index (χ1v) is 11.0. The zero-order chi connectivity index (χ0) is 24.1. The molecule has 0 spiro atoms. The summed E-state index contributed by atoms with van der Waals surface area (Å²) in [6.45, 7) is 2.92. The third kappa shape index (κ3) is 4.91. The van der Waals surface area contributed by atoms with Crippen LogP contribution in [0.2, 0.25) is 0 Å². The number of amides is 1. The van der Waals surface area contributed by atoms with Gasteiger partial charge in [-0.05, 0) is 54.6 Å². The molecule has 8 nitrogen and oxygen atoms in total. The maximum Gasteiger partial charge on any atom is 0.335 e. The summed E-state index contributed by atoms with van der Waals surface area (Å²) in [5, 5.41) is 12.4. The SMILES string of the molecule is COc1ccc(C(=O)Nc2cc(C(=O)O)ccc2N2CCN(c3ccccc3OC)CC2)cc1. The summed E-state index contributed by atoms with van der Waals surface area (Å²) < 4.78 is 10.6. The molecule has 1 heterocycles. The van der Waals surface area contributed by atoms with E-state index in [-0.39, 0.29) is 11.5 Å². The van der Waals surface area contributed by atoms with Crippen LogP contribution in [0.3, 0.4) is 0 Å². The molecule has 0 bridgehead atoms. The fraction of sp³-hybridized carbons (Fsp3) is 0.231. The third-order valence-electron chi connectivity index (χ3n) is 5.89. The molecule has 0 atom stereocenters. The van der Waals surface area contributed by atoms with Crippen LogP contribution in [0.5, 0.6) is 11.5 Å². The van der Waals surface area contributed by atoms with E-state index in [9.17, 15) is 14.7 Å². The fourth-order valence-electron chi connectivity index (χ4n) is 4.06. The van der Waals surface area contributed by atoms with Crippen molar-refractivity contribution >= 4 is 28.9 Å².